The highest BCUT2D eigenvalue weighted by atomic mass is 35.5. The first kappa shape index (κ1) is 17.8. The Morgan fingerprint density at radius 1 is 1.27 bits per heavy atom. The lowest BCUT2D eigenvalue weighted by Crippen LogP contribution is -2.50. The van der Waals surface area contributed by atoms with Crippen molar-refractivity contribution in [3.8, 4) is 0 Å². The number of nitrogens with zero attached hydrogens (tertiary/aromatic N) is 1. The number of rotatable bonds is 3. The second-order valence-corrected chi connectivity index (χ2v) is 7.85. The molecule has 0 unspecified atom stereocenters. The molecule has 26 heavy (non-hydrogen) atoms. The topological polar surface area (TPSA) is 67.9 Å². The Labute approximate surface area is 157 Å². The molecule has 6 nitrogen and oxygen atoms in total. The number of amides is 2. The van der Waals surface area contributed by atoms with Gasteiger partial charge in [0.1, 0.15) is 0 Å². The summed E-state index contributed by atoms with van der Waals surface area (Å²) >= 11 is 5.91. The fourth-order valence-electron chi connectivity index (χ4n) is 4.09. The van der Waals surface area contributed by atoms with E-state index < -0.39 is 0 Å². The van der Waals surface area contributed by atoms with Gasteiger partial charge >= 0.3 is 0 Å². The van der Waals surface area contributed by atoms with Gasteiger partial charge < -0.3 is 19.7 Å². The molecular weight excluding hydrogens is 356 g/mol. The number of halogens is 1. The summed E-state index contributed by atoms with van der Waals surface area (Å²) in [7, 11) is 0. The predicted molar refractivity (Wildman–Crippen MR) is 97.2 cm³/mol. The molecule has 1 N–H and O–H groups in total. The second kappa shape index (κ2) is 7.18. The summed E-state index contributed by atoms with van der Waals surface area (Å²) in [5.74, 6) is -0.396. The molecule has 3 aliphatic rings. The van der Waals surface area contributed by atoms with E-state index in [2.05, 4.69) is 5.32 Å². The summed E-state index contributed by atoms with van der Waals surface area (Å²) in [6.45, 7) is 2.36. The minimum atomic E-state index is -0.322. The summed E-state index contributed by atoms with van der Waals surface area (Å²) in [4.78, 5) is 26.7. The number of carbonyl (C=O) groups is 2. The van der Waals surface area contributed by atoms with Gasteiger partial charge in [0.05, 0.1) is 18.1 Å². The van der Waals surface area contributed by atoms with E-state index in [1.165, 1.54) is 0 Å². The Hall–Kier alpha value is -1.63. The number of nitrogens with one attached hydrogen (secondary N) is 1. The quantitative estimate of drug-likeness (QED) is 0.875. The maximum absolute atomic E-state index is 12.7. The molecule has 3 aliphatic heterocycles. The van der Waals surface area contributed by atoms with Crippen molar-refractivity contribution in [1.29, 1.82) is 0 Å². The first-order valence-corrected chi connectivity index (χ1v) is 9.50. The third-order valence-electron chi connectivity index (χ3n) is 5.54. The van der Waals surface area contributed by atoms with Gasteiger partial charge in [0.25, 0.3) is 0 Å². The molecule has 0 aromatic heterocycles. The maximum atomic E-state index is 12.7. The van der Waals surface area contributed by atoms with Crippen LogP contribution in [0.15, 0.2) is 24.3 Å². The van der Waals surface area contributed by atoms with Crippen LogP contribution in [0, 0.1) is 5.92 Å². The zero-order valence-electron chi connectivity index (χ0n) is 14.6. The lowest BCUT2D eigenvalue weighted by Gasteiger charge is -2.37. The van der Waals surface area contributed by atoms with Gasteiger partial charge in [-0.1, -0.05) is 11.6 Å². The van der Waals surface area contributed by atoms with Crippen LogP contribution in [0.2, 0.25) is 5.02 Å². The van der Waals surface area contributed by atoms with Crippen molar-refractivity contribution in [2.24, 2.45) is 5.92 Å². The Balaban J connectivity index is 1.36. The molecule has 1 aromatic rings. The van der Waals surface area contributed by atoms with Crippen molar-refractivity contribution in [2.45, 2.75) is 37.3 Å². The van der Waals surface area contributed by atoms with Gasteiger partial charge in [0, 0.05) is 49.4 Å². The molecule has 3 saturated heterocycles. The molecule has 0 aliphatic carbocycles. The highest BCUT2D eigenvalue weighted by Gasteiger charge is 2.42. The zero-order chi connectivity index (χ0) is 18.1. The first-order chi connectivity index (χ1) is 12.5. The molecule has 1 aromatic carbocycles. The van der Waals surface area contributed by atoms with Crippen LogP contribution < -0.4 is 10.2 Å². The van der Waals surface area contributed by atoms with E-state index >= 15 is 0 Å². The fraction of sp³-hybridized carbons (Fsp3) is 0.579. The van der Waals surface area contributed by atoms with Gasteiger partial charge in [0.2, 0.25) is 11.8 Å². The number of anilines is 1. The minimum Gasteiger partial charge on any atom is -0.378 e. The molecule has 3 fully saturated rings. The highest BCUT2D eigenvalue weighted by molar-refractivity contribution is 6.30. The van der Waals surface area contributed by atoms with Crippen LogP contribution in [0.1, 0.15) is 25.7 Å². The van der Waals surface area contributed by atoms with Gasteiger partial charge in [0.15, 0.2) is 0 Å². The molecule has 140 valence electrons. The molecule has 4 rings (SSSR count). The van der Waals surface area contributed by atoms with E-state index in [-0.39, 0.29) is 35.8 Å². The average Bonchev–Trinajstić information content (AvgIpc) is 3.23. The summed E-state index contributed by atoms with van der Waals surface area (Å²) in [6, 6.07) is 7.20. The standard InChI is InChI=1S/C19H23ClN2O4/c20-14-1-3-16(4-2-14)22-11-13(9-17(22)23)18(24)21-15-5-7-26-19(10-15)6-8-25-12-19/h1-4,13,15H,5-12H2,(H,21,24)/t13-,15-,19+/m1/s1. The van der Waals surface area contributed by atoms with Crippen molar-refractivity contribution in [3.05, 3.63) is 29.3 Å². The first-order valence-electron chi connectivity index (χ1n) is 9.13. The Morgan fingerprint density at radius 3 is 2.81 bits per heavy atom. The molecule has 0 saturated carbocycles. The summed E-state index contributed by atoms with van der Waals surface area (Å²) in [5.41, 5.74) is 0.541. The zero-order valence-corrected chi connectivity index (χ0v) is 15.3. The smallest absolute Gasteiger partial charge is 0.227 e. The molecule has 2 amide bonds. The van der Waals surface area contributed by atoms with Crippen LogP contribution in [0.5, 0.6) is 0 Å². The highest BCUT2D eigenvalue weighted by Crippen LogP contribution is 2.33. The van der Waals surface area contributed by atoms with Crippen molar-refractivity contribution in [2.75, 3.05) is 31.3 Å². The number of ether oxygens (including phenoxy) is 2. The molecule has 0 radical (unpaired) electrons. The minimum absolute atomic E-state index is 0.0277. The third kappa shape index (κ3) is 3.59. The van der Waals surface area contributed by atoms with Crippen molar-refractivity contribution in [3.63, 3.8) is 0 Å². The number of hydrogen-bond donors (Lipinski definition) is 1. The normalized spacial score (nSPS) is 31.6. The molecular formula is C19H23ClN2O4. The van der Waals surface area contributed by atoms with Gasteiger partial charge in [-0.15, -0.1) is 0 Å². The van der Waals surface area contributed by atoms with E-state index in [9.17, 15) is 9.59 Å². The van der Waals surface area contributed by atoms with Gasteiger partial charge in [-0.05, 0) is 37.1 Å². The molecule has 0 bridgehead atoms. The number of carbonyl (C=O) groups excluding carboxylic acids is 2. The monoisotopic (exact) mass is 378 g/mol. The largest absolute Gasteiger partial charge is 0.378 e. The molecule has 1 spiro atoms. The van der Waals surface area contributed by atoms with E-state index in [1.807, 2.05) is 12.1 Å². The number of hydrogen-bond acceptors (Lipinski definition) is 4. The van der Waals surface area contributed by atoms with E-state index in [1.54, 1.807) is 17.0 Å². The lowest BCUT2D eigenvalue weighted by molar-refractivity contribution is -0.130. The van der Waals surface area contributed by atoms with Gasteiger partial charge in [-0.25, -0.2) is 0 Å². The Bertz CT molecular complexity index is 687. The second-order valence-electron chi connectivity index (χ2n) is 7.41. The fourth-order valence-corrected chi connectivity index (χ4v) is 4.21. The summed E-state index contributed by atoms with van der Waals surface area (Å²) < 4.78 is 11.4. The van der Waals surface area contributed by atoms with Crippen LogP contribution in [-0.4, -0.2) is 49.8 Å². The van der Waals surface area contributed by atoms with Crippen LogP contribution >= 0.6 is 11.6 Å². The molecule has 3 heterocycles. The van der Waals surface area contributed by atoms with Crippen LogP contribution in [0.3, 0.4) is 0 Å². The van der Waals surface area contributed by atoms with E-state index in [0.717, 1.165) is 24.9 Å². The van der Waals surface area contributed by atoms with Gasteiger partial charge in [-0.2, -0.15) is 0 Å². The maximum Gasteiger partial charge on any atom is 0.227 e. The summed E-state index contributed by atoms with van der Waals surface area (Å²) in [6.07, 6.45) is 2.70. The predicted octanol–water partition coefficient (Wildman–Crippen LogP) is 2.15. The average molecular weight is 379 g/mol. The van der Waals surface area contributed by atoms with Crippen molar-refractivity contribution < 1.29 is 19.1 Å². The van der Waals surface area contributed by atoms with E-state index in [4.69, 9.17) is 21.1 Å². The SMILES string of the molecule is O=C(N[C@@H]1CCO[C@@]2(CCOC2)C1)[C@@H]1CC(=O)N(c2ccc(Cl)cc2)C1. The van der Waals surface area contributed by atoms with Crippen LogP contribution in [-0.2, 0) is 19.1 Å². The van der Waals surface area contributed by atoms with Crippen molar-refractivity contribution in [1.82, 2.24) is 5.32 Å². The molecule has 7 heteroatoms. The van der Waals surface area contributed by atoms with Crippen molar-refractivity contribution >= 4 is 29.1 Å². The third-order valence-corrected chi connectivity index (χ3v) is 5.79. The molecule has 3 atom stereocenters. The Morgan fingerprint density at radius 2 is 2.08 bits per heavy atom. The van der Waals surface area contributed by atoms with Crippen LogP contribution in [0.25, 0.3) is 0 Å². The van der Waals surface area contributed by atoms with E-state index in [0.29, 0.717) is 31.4 Å². The number of benzene rings is 1. The van der Waals surface area contributed by atoms with Crippen LogP contribution in [0.4, 0.5) is 5.69 Å². The summed E-state index contributed by atoms with van der Waals surface area (Å²) in [5, 5.41) is 3.76. The van der Waals surface area contributed by atoms with Gasteiger partial charge in [-0.3, -0.25) is 9.59 Å². The lowest BCUT2D eigenvalue weighted by atomic mass is 9.89. The Kier molecular flexibility index (Phi) is 4.90.